The molecule has 1 nitrogen and oxygen atoms in total. The first-order valence-electron chi connectivity index (χ1n) is 6.57. The third-order valence-corrected chi connectivity index (χ3v) is 3.18. The zero-order chi connectivity index (χ0) is 12.7. The van der Waals surface area contributed by atoms with Crippen LogP contribution in [0.2, 0.25) is 0 Å². The second-order valence-electron chi connectivity index (χ2n) is 4.75. The van der Waals surface area contributed by atoms with Crippen LogP contribution >= 0.6 is 0 Å². The third kappa shape index (κ3) is 4.74. The number of likely N-dealkylation sites (N-methyl/N-ethyl adjacent to an activating group) is 1. The normalized spacial score (nSPS) is 12.4. The molecule has 94 valence electrons. The summed E-state index contributed by atoms with van der Waals surface area (Å²) in [6.07, 6.45) is 5.38. The van der Waals surface area contributed by atoms with Crippen LogP contribution in [0.3, 0.4) is 0 Å². The van der Waals surface area contributed by atoms with Gasteiger partial charge < -0.3 is 5.32 Å². The minimum absolute atomic E-state index is 0.568. The predicted octanol–water partition coefficient (Wildman–Crippen LogP) is 3.79. The standard InChI is InChI=1S/C16H25N/c1-5-7-8-16(17-6-2)12-15-11-13(3)9-10-14(15)4/h5,9-11,16-17H,1,6-8,12H2,2-4H3. The third-order valence-electron chi connectivity index (χ3n) is 3.18. The molecule has 1 heteroatoms. The Hall–Kier alpha value is -1.08. The van der Waals surface area contributed by atoms with E-state index in [1.807, 2.05) is 6.08 Å². The molecule has 17 heavy (non-hydrogen) atoms. The molecule has 1 N–H and O–H groups in total. The molecule has 0 radical (unpaired) electrons. The van der Waals surface area contributed by atoms with Crippen LogP contribution in [-0.4, -0.2) is 12.6 Å². The smallest absolute Gasteiger partial charge is 0.0110 e. The summed E-state index contributed by atoms with van der Waals surface area (Å²) in [6, 6.07) is 7.29. The highest BCUT2D eigenvalue weighted by Crippen LogP contribution is 2.14. The van der Waals surface area contributed by atoms with E-state index >= 15 is 0 Å². The lowest BCUT2D eigenvalue weighted by molar-refractivity contribution is 0.494. The van der Waals surface area contributed by atoms with Crippen LogP contribution < -0.4 is 5.32 Å². The van der Waals surface area contributed by atoms with Crippen molar-refractivity contribution in [3.8, 4) is 0 Å². The van der Waals surface area contributed by atoms with Crippen molar-refractivity contribution in [2.45, 2.75) is 46.1 Å². The highest BCUT2D eigenvalue weighted by atomic mass is 14.9. The van der Waals surface area contributed by atoms with E-state index in [1.54, 1.807) is 0 Å². The molecule has 0 spiro atoms. The molecular weight excluding hydrogens is 206 g/mol. The fourth-order valence-corrected chi connectivity index (χ4v) is 2.17. The zero-order valence-corrected chi connectivity index (χ0v) is 11.4. The Morgan fingerprint density at radius 2 is 2.12 bits per heavy atom. The SMILES string of the molecule is C=CCCC(Cc1cc(C)ccc1C)NCC. The maximum absolute atomic E-state index is 3.80. The molecule has 1 aromatic rings. The monoisotopic (exact) mass is 231 g/mol. The van der Waals surface area contributed by atoms with Crippen LogP contribution in [0, 0.1) is 13.8 Å². The lowest BCUT2D eigenvalue weighted by Gasteiger charge is -2.18. The van der Waals surface area contributed by atoms with Gasteiger partial charge in [-0.05, 0) is 50.8 Å². The molecule has 0 heterocycles. The highest BCUT2D eigenvalue weighted by molar-refractivity contribution is 5.31. The second-order valence-corrected chi connectivity index (χ2v) is 4.75. The van der Waals surface area contributed by atoms with Crippen molar-refractivity contribution in [2.24, 2.45) is 0 Å². The van der Waals surface area contributed by atoms with E-state index in [0.29, 0.717) is 6.04 Å². The maximum atomic E-state index is 3.80. The molecule has 0 saturated carbocycles. The number of hydrogen-bond donors (Lipinski definition) is 1. The fraction of sp³-hybridized carbons (Fsp3) is 0.500. The fourth-order valence-electron chi connectivity index (χ4n) is 2.17. The molecular formula is C16H25N. The number of allylic oxidation sites excluding steroid dienone is 1. The van der Waals surface area contributed by atoms with Crippen molar-refractivity contribution in [2.75, 3.05) is 6.54 Å². The molecule has 0 amide bonds. The van der Waals surface area contributed by atoms with Crippen LogP contribution in [0.15, 0.2) is 30.9 Å². The number of hydrogen-bond acceptors (Lipinski definition) is 1. The molecule has 0 aliphatic heterocycles. The van der Waals surface area contributed by atoms with E-state index in [9.17, 15) is 0 Å². The first-order valence-corrected chi connectivity index (χ1v) is 6.57. The summed E-state index contributed by atoms with van der Waals surface area (Å²) >= 11 is 0. The number of benzene rings is 1. The highest BCUT2D eigenvalue weighted by Gasteiger charge is 2.09. The Bertz CT molecular complexity index is 355. The lowest BCUT2D eigenvalue weighted by atomic mass is 9.96. The van der Waals surface area contributed by atoms with Gasteiger partial charge in [0.25, 0.3) is 0 Å². The van der Waals surface area contributed by atoms with Crippen molar-refractivity contribution < 1.29 is 0 Å². The number of aryl methyl sites for hydroxylation is 2. The van der Waals surface area contributed by atoms with Gasteiger partial charge in [0.2, 0.25) is 0 Å². The van der Waals surface area contributed by atoms with Crippen molar-refractivity contribution in [1.29, 1.82) is 0 Å². The Kier molecular flexibility index (Phi) is 5.99. The molecule has 1 atom stereocenters. The van der Waals surface area contributed by atoms with Gasteiger partial charge >= 0.3 is 0 Å². The van der Waals surface area contributed by atoms with E-state index in [4.69, 9.17) is 0 Å². The van der Waals surface area contributed by atoms with Gasteiger partial charge in [0.1, 0.15) is 0 Å². The van der Waals surface area contributed by atoms with E-state index in [1.165, 1.54) is 23.1 Å². The van der Waals surface area contributed by atoms with Crippen LogP contribution in [-0.2, 0) is 6.42 Å². The van der Waals surface area contributed by atoms with E-state index < -0.39 is 0 Å². The largest absolute Gasteiger partial charge is 0.314 e. The van der Waals surface area contributed by atoms with E-state index in [2.05, 4.69) is 50.9 Å². The van der Waals surface area contributed by atoms with Gasteiger partial charge in [0.05, 0.1) is 0 Å². The lowest BCUT2D eigenvalue weighted by Crippen LogP contribution is -2.31. The summed E-state index contributed by atoms with van der Waals surface area (Å²) in [5.41, 5.74) is 4.22. The summed E-state index contributed by atoms with van der Waals surface area (Å²) in [4.78, 5) is 0. The molecule has 0 bridgehead atoms. The molecule has 1 aromatic carbocycles. The van der Waals surface area contributed by atoms with Crippen molar-refractivity contribution in [3.63, 3.8) is 0 Å². The van der Waals surface area contributed by atoms with Crippen LogP contribution in [0.5, 0.6) is 0 Å². The molecule has 0 aliphatic rings. The average Bonchev–Trinajstić information content (AvgIpc) is 2.31. The van der Waals surface area contributed by atoms with Crippen molar-refractivity contribution in [3.05, 3.63) is 47.5 Å². The summed E-state index contributed by atoms with van der Waals surface area (Å²) in [5.74, 6) is 0. The predicted molar refractivity (Wildman–Crippen MR) is 76.5 cm³/mol. The molecule has 1 unspecified atom stereocenters. The van der Waals surface area contributed by atoms with Gasteiger partial charge in [0, 0.05) is 6.04 Å². The number of nitrogens with one attached hydrogen (secondary N) is 1. The van der Waals surface area contributed by atoms with Crippen molar-refractivity contribution in [1.82, 2.24) is 5.32 Å². The topological polar surface area (TPSA) is 12.0 Å². The van der Waals surface area contributed by atoms with Gasteiger partial charge in [-0.3, -0.25) is 0 Å². The first-order chi connectivity index (χ1) is 8.17. The van der Waals surface area contributed by atoms with Gasteiger partial charge in [-0.2, -0.15) is 0 Å². The summed E-state index contributed by atoms with van der Waals surface area (Å²) < 4.78 is 0. The van der Waals surface area contributed by atoms with E-state index in [0.717, 1.165) is 19.4 Å². The Labute approximate surface area is 106 Å². The Morgan fingerprint density at radius 1 is 1.35 bits per heavy atom. The molecule has 1 rings (SSSR count). The molecule has 0 saturated heterocycles. The molecule has 0 aromatic heterocycles. The number of rotatable bonds is 7. The van der Waals surface area contributed by atoms with Crippen LogP contribution in [0.25, 0.3) is 0 Å². The summed E-state index contributed by atoms with van der Waals surface area (Å²) in [5, 5.41) is 3.56. The van der Waals surface area contributed by atoms with Crippen LogP contribution in [0.1, 0.15) is 36.5 Å². The second kappa shape index (κ2) is 7.29. The minimum Gasteiger partial charge on any atom is -0.314 e. The quantitative estimate of drug-likeness (QED) is 0.704. The van der Waals surface area contributed by atoms with Crippen molar-refractivity contribution >= 4 is 0 Å². The van der Waals surface area contributed by atoms with Gasteiger partial charge in [0.15, 0.2) is 0 Å². The van der Waals surface area contributed by atoms with Gasteiger partial charge in [-0.1, -0.05) is 36.8 Å². The zero-order valence-electron chi connectivity index (χ0n) is 11.4. The van der Waals surface area contributed by atoms with Gasteiger partial charge in [-0.15, -0.1) is 6.58 Å². The molecule has 0 fully saturated rings. The summed E-state index contributed by atoms with van der Waals surface area (Å²) in [7, 11) is 0. The van der Waals surface area contributed by atoms with Crippen LogP contribution in [0.4, 0.5) is 0 Å². The minimum atomic E-state index is 0.568. The van der Waals surface area contributed by atoms with E-state index in [-0.39, 0.29) is 0 Å². The first kappa shape index (κ1) is 14.0. The summed E-state index contributed by atoms with van der Waals surface area (Å²) in [6.45, 7) is 11.4. The molecule has 0 aliphatic carbocycles. The van der Waals surface area contributed by atoms with Gasteiger partial charge in [-0.25, -0.2) is 0 Å². The Morgan fingerprint density at radius 3 is 2.76 bits per heavy atom. The maximum Gasteiger partial charge on any atom is 0.0110 e. The Balaban J connectivity index is 2.70. The average molecular weight is 231 g/mol.